The Morgan fingerprint density at radius 3 is 2.18 bits per heavy atom. The van der Waals surface area contributed by atoms with E-state index in [-0.39, 0.29) is 18.6 Å². The Kier molecular flexibility index (Phi) is 12.4. The van der Waals surface area contributed by atoms with E-state index in [1.165, 1.54) is 0 Å². The largest absolute Gasteiger partial charge is 0.502 e. The summed E-state index contributed by atoms with van der Waals surface area (Å²) in [6.45, 7) is -0.567. The van der Waals surface area contributed by atoms with E-state index in [0.29, 0.717) is 6.07 Å². The van der Waals surface area contributed by atoms with E-state index in [2.05, 4.69) is 23.3 Å². The molecule has 0 aliphatic rings. The molecule has 16 nitrogen and oxygen atoms in total. The summed E-state index contributed by atoms with van der Waals surface area (Å²) in [5.41, 5.74) is 4.13. The fraction of sp³-hybridized carbons (Fsp3) is 0.375. The number of phenols is 1. The van der Waals surface area contributed by atoms with Crippen molar-refractivity contribution in [1.82, 2.24) is 10.6 Å². The topological polar surface area (TPSA) is 265 Å². The minimum Gasteiger partial charge on any atom is -0.502 e. The summed E-state index contributed by atoms with van der Waals surface area (Å²) in [5.74, 6) is -4.29. The third-order valence-electron chi connectivity index (χ3n) is 3.61. The highest BCUT2D eigenvalue weighted by atomic mass is 32.1. The average Bonchev–Trinajstić information content (AvgIpc) is 2.74. The van der Waals surface area contributed by atoms with Gasteiger partial charge in [0.1, 0.15) is 18.6 Å². The molecule has 33 heavy (non-hydrogen) atoms. The van der Waals surface area contributed by atoms with Crippen molar-refractivity contribution in [1.29, 1.82) is 0 Å². The second-order valence-corrected chi connectivity index (χ2v) is 6.45. The van der Waals surface area contributed by atoms with E-state index in [1.54, 1.807) is 0 Å². The molecule has 0 saturated heterocycles. The van der Waals surface area contributed by atoms with Gasteiger partial charge in [-0.1, -0.05) is 0 Å². The number of nitro groups is 2. The van der Waals surface area contributed by atoms with Crippen molar-refractivity contribution >= 4 is 47.8 Å². The van der Waals surface area contributed by atoms with Crippen LogP contribution in [0.1, 0.15) is 12.8 Å². The minimum absolute atomic E-state index is 0.0256. The van der Waals surface area contributed by atoms with Crippen LogP contribution in [0.3, 0.4) is 0 Å². The molecule has 0 spiro atoms. The number of nitrogens with zero attached hydrogens (tertiary/aromatic N) is 2. The molecule has 0 aliphatic heterocycles. The van der Waals surface area contributed by atoms with Crippen LogP contribution < -0.4 is 16.4 Å². The number of aromatic hydroxyl groups is 1. The van der Waals surface area contributed by atoms with Crippen molar-refractivity contribution in [3.05, 3.63) is 38.4 Å². The van der Waals surface area contributed by atoms with Crippen LogP contribution >= 0.6 is 12.6 Å². The van der Waals surface area contributed by atoms with Gasteiger partial charge in [-0.05, 0) is 12.5 Å². The summed E-state index contributed by atoms with van der Waals surface area (Å²) in [4.78, 5) is 62.5. The van der Waals surface area contributed by atoms with Crippen LogP contribution in [0.15, 0.2) is 18.2 Å². The number of carbonyl (C=O) groups is 4. The summed E-state index contributed by atoms with van der Waals surface area (Å²) in [6.07, 6.45) is -0.235. The zero-order chi connectivity index (χ0) is 25.7. The van der Waals surface area contributed by atoms with Crippen molar-refractivity contribution in [2.24, 2.45) is 5.73 Å². The quantitative estimate of drug-likeness (QED) is 0.112. The van der Waals surface area contributed by atoms with E-state index in [9.17, 15) is 39.4 Å². The van der Waals surface area contributed by atoms with Crippen LogP contribution in [0.5, 0.6) is 5.75 Å². The number of benzene rings is 1. The third kappa shape index (κ3) is 11.3. The van der Waals surface area contributed by atoms with E-state index < -0.39 is 69.4 Å². The van der Waals surface area contributed by atoms with Gasteiger partial charge < -0.3 is 31.7 Å². The SMILES string of the molecule is NC(CCC(=O)N[C@H](CS)C(=O)NCC(=O)O)C(=O)O.O=[N+]([O-])c1ccc(O)c([N+](=O)[O-])c1. The van der Waals surface area contributed by atoms with Gasteiger partial charge in [-0.3, -0.25) is 39.4 Å². The molecular weight excluding hydrogens is 470 g/mol. The average molecular weight is 491 g/mol. The number of thiol groups is 1. The number of nitrogens with two attached hydrogens (primary N) is 1. The lowest BCUT2D eigenvalue weighted by atomic mass is 10.1. The van der Waals surface area contributed by atoms with Gasteiger partial charge in [0.05, 0.1) is 15.9 Å². The molecule has 0 aliphatic carbocycles. The van der Waals surface area contributed by atoms with Gasteiger partial charge in [0.15, 0.2) is 5.75 Å². The lowest BCUT2D eigenvalue weighted by Gasteiger charge is -2.16. The molecule has 17 heteroatoms. The van der Waals surface area contributed by atoms with Gasteiger partial charge in [-0.15, -0.1) is 0 Å². The van der Waals surface area contributed by atoms with Crippen LogP contribution in [0.4, 0.5) is 11.4 Å². The molecule has 7 N–H and O–H groups in total. The molecule has 1 unspecified atom stereocenters. The Bertz CT molecular complexity index is 911. The minimum atomic E-state index is -1.22. The van der Waals surface area contributed by atoms with E-state index in [4.69, 9.17) is 21.1 Å². The molecule has 0 radical (unpaired) electrons. The number of nitro benzene ring substituents is 2. The van der Waals surface area contributed by atoms with E-state index >= 15 is 0 Å². The summed E-state index contributed by atoms with van der Waals surface area (Å²) in [6, 6.07) is 0.454. The molecule has 1 aromatic carbocycles. The molecule has 1 aromatic rings. The van der Waals surface area contributed by atoms with Crippen LogP contribution in [0, 0.1) is 20.2 Å². The van der Waals surface area contributed by atoms with Gasteiger partial charge >= 0.3 is 17.6 Å². The molecule has 0 fully saturated rings. The molecule has 0 bridgehead atoms. The fourth-order valence-electron chi connectivity index (χ4n) is 1.93. The summed E-state index contributed by atoms with van der Waals surface area (Å²) in [5, 5.41) is 50.7. The van der Waals surface area contributed by atoms with Crippen molar-refractivity contribution < 1.29 is 44.3 Å². The summed E-state index contributed by atoms with van der Waals surface area (Å²) >= 11 is 3.87. The lowest BCUT2D eigenvalue weighted by molar-refractivity contribution is -0.394. The number of rotatable bonds is 11. The molecule has 182 valence electrons. The van der Waals surface area contributed by atoms with E-state index in [0.717, 1.165) is 12.1 Å². The van der Waals surface area contributed by atoms with E-state index in [1.807, 2.05) is 0 Å². The highest BCUT2D eigenvalue weighted by Crippen LogP contribution is 2.29. The van der Waals surface area contributed by atoms with Gasteiger partial charge in [-0.2, -0.15) is 12.6 Å². The standard InChI is InChI=1S/C10H17N3O6S.C6H4N2O5/c11-5(10(18)19)1-2-7(14)13-6(4-20)9(17)12-3-8(15)16;9-6-2-1-4(7(10)11)3-5(6)8(12)13/h5-6,20H,1-4,11H2,(H,12,17)(H,13,14)(H,15,16)(H,18,19);1-3,9H/t5?,6-;/m1./s1. The number of carboxylic acid groups (broad SMARTS) is 2. The number of hydrogen-bond donors (Lipinski definition) is 7. The molecule has 2 amide bonds. The second kappa shape index (κ2) is 14.1. The molecule has 0 heterocycles. The number of amides is 2. The van der Waals surface area contributed by atoms with Crippen LogP contribution in [0.2, 0.25) is 0 Å². The molecular formula is C16H21N5O11S. The molecule has 1 rings (SSSR count). The molecule has 0 saturated carbocycles. The first-order valence-electron chi connectivity index (χ1n) is 8.80. The number of nitrogens with one attached hydrogen (secondary N) is 2. The first-order valence-corrected chi connectivity index (χ1v) is 9.43. The van der Waals surface area contributed by atoms with Crippen LogP contribution in [0.25, 0.3) is 0 Å². The monoisotopic (exact) mass is 491 g/mol. The number of carbonyl (C=O) groups excluding carboxylic acids is 2. The zero-order valence-corrected chi connectivity index (χ0v) is 17.6. The molecule has 0 aromatic heterocycles. The first-order chi connectivity index (χ1) is 15.3. The number of aliphatic carboxylic acids is 2. The van der Waals surface area contributed by atoms with Gasteiger partial charge in [0.25, 0.3) is 5.69 Å². The van der Waals surface area contributed by atoms with Crippen molar-refractivity contribution in [3.63, 3.8) is 0 Å². The van der Waals surface area contributed by atoms with Gasteiger partial charge in [0.2, 0.25) is 11.8 Å². The third-order valence-corrected chi connectivity index (χ3v) is 3.98. The predicted octanol–water partition coefficient (Wildman–Crippen LogP) is -0.997. The maximum absolute atomic E-state index is 11.5. The Morgan fingerprint density at radius 1 is 1.12 bits per heavy atom. The maximum Gasteiger partial charge on any atom is 0.322 e. The van der Waals surface area contributed by atoms with Gasteiger partial charge in [-0.25, -0.2) is 0 Å². The van der Waals surface area contributed by atoms with Gasteiger partial charge in [0, 0.05) is 18.2 Å². The Hall–Kier alpha value is -3.99. The predicted molar refractivity (Wildman–Crippen MR) is 113 cm³/mol. The van der Waals surface area contributed by atoms with Crippen molar-refractivity contribution in [2.75, 3.05) is 12.3 Å². The zero-order valence-electron chi connectivity index (χ0n) is 16.7. The Labute approximate surface area is 190 Å². The second-order valence-electron chi connectivity index (χ2n) is 6.08. The van der Waals surface area contributed by atoms with Crippen LogP contribution in [-0.2, 0) is 19.2 Å². The van der Waals surface area contributed by atoms with Crippen molar-refractivity contribution in [3.8, 4) is 5.75 Å². The lowest BCUT2D eigenvalue weighted by Crippen LogP contribution is -2.49. The van der Waals surface area contributed by atoms with Crippen LogP contribution in [-0.4, -0.2) is 73.3 Å². The van der Waals surface area contributed by atoms with Crippen molar-refractivity contribution in [2.45, 2.75) is 24.9 Å². The highest BCUT2D eigenvalue weighted by molar-refractivity contribution is 7.80. The summed E-state index contributed by atoms with van der Waals surface area (Å²) < 4.78 is 0. The maximum atomic E-state index is 11.5. The Morgan fingerprint density at radius 2 is 1.73 bits per heavy atom. The number of non-ortho nitro benzene ring substituents is 1. The fourth-order valence-corrected chi connectivity index (χ4v) is 2.19. The summed E-state index contributed by atoms with van der Waals surface area (Å²) in [7, 11) is 0. The number of hydrogen-bond acceptors (Lipinski definition) is 11. The normalized spacial score (nSPS) is 11.7. The molecule has 2 atom stereocenters. The first kappa shape index (κ1) is 29.0. The highest BCUT2D eigenvalue weighted by Gasteiger charge is 2.21. The smallest absolute Gasteiger partial charge is 0.322 e. The number of carboxylic acids is 2. The Balaban J connectivity index is 0.000000676. The number of phenolic OH excluding ortho intramolecular Hbond substituents is 1.